The summed E-state index contributed by atoms with van der Waals surface area (Å²) in [6.07, 6.45) is 0. The van der Waals surface area contributed by atoms with Gasteiger partial charge in [-0.25, -0.2) is 0 Å². The van der Waals surface area contributed by atoms with E-state index in [-0.39, 0.29) is 5.91 Å². The number of nitrogens with one attached hydrogen (secondary N) is 1. The van der Waals surface area contributed by atoms with Crippen molar-refractivity contribution in [2.45, 2.75) is 13.2 Å². The van der Waals surface area contributed by atoms with E-state index in [0.29, 0.717) is 36.8 Å². The number of carbonyl (C=O) groups excluding carboxylic acids is 1. The third-order valence-electron chi connectivity index (χ3n) is 5.79. The molecule has 0 radical (unpaired) electrons. The van der Waals surface area contributed by atoms with Crippen LogP contribution in [-0.4, -0.2) is 57.4 Å². The molecule has 1 amide bonds. The topological polar surface area (TPSA) is 69.3 Å². The summed E-state index contributed by atoms with van der Waals surface area (Å²) in [6.45, 7) is 5.77. The lowest BCUT2D eigenvalue weighted by Gasteiger charge is -2.26. The number of nitrogens with zero attached hydrogens (tertiary/aromatic N) is 1. The first kappa shape index (κ1) is 24.6. The predicted molar refractivity (Wildman–Crippen MR) is 134 cm³/mol. The number of ether oxygens (including phenoxy) is 4. The van der Waals surface area contributed by atoms with Gasteiger partial charge in [-0.3, -0.25) is 9.69 Å². The Bertz CT molecular complexity index is 1080. The molecule has 3 aromatic rings. The minimum Gasteiger partial charge on any atom is -0.493 e. The first-order valence-corrected chi connectivity index (χ1v) is 11.9. The van der Waals surface area contributed by atoms with Gasteiger partial charge in [-0.2, -0.15) is 0 Å². The van der Waals surface area contributed by atoms with Crippen LogP contribution in [0.25, 0.3) is 0 Å². The van der Waals surface area contributed by atoms with E-state index in [4.69, 9.17) is 18.9 Å². The van der Waals surface area contributed by atoms with Gasteiger partial charge in [-0.05, 0) is 41.5 Å². The molecule has 1 fully saturated rings. The van der Waals surface area contributed by atoms with Crippen molar-refractivity contribution in [3.05, 3.63) is 89.5 Å². The van der Waals surface area contributed by atoms with Crippen molar-refractivity contribution in [2.24, 2.45) is 0 Å². The van der Waals surface area contributed by atoms with E-state index in [9.17, 15) is 4.79 Å². The Balaban J connectivity index is 1.27. The second-order valence-corrected chi connectivity index (χ2v) is 8.27. The van der Waals surface area contributed by atoms with Gasteiger partial charge in [-0.1, -0.05) is 42.5 Å². The minimum absolute atomic E-state index is 0.184. The summed E-state index contributed by atoms with van der Waals surface area (Å²) < 4.78 is 22.6. The van der Waals surface area contributed by atoms with Crippen LogP contribution in [0.5, 0.6) is 17.2 Å². The quantitative estimate of drug-likeness (QED) is 0.453. The van der Waals surface area contributed by atoms with Gasteiger partial charge >= 0.3 is 0 Å². The summed E-state index contributed by atoms with van der Waals surface area (Å²) in [5, 5.41) is 2.97. The van der Waals surface area contributed by atoms with Crippen molar-refractivity contribution >= 4 is 5.91 Å². The summed E-state index contributed by atoms with van der Waals surface area (Å²) >= 11 is 0. The zero-order valence-corrected chi connectivity index (χ0v) is 20.1. The van der Waals surface area contributed by atoms with Crippen LogP contribution in [0.3, 0.4) is 0 Å². The molecule has 184 valence electrons. The maximum Gasteiger partial charge on any atom is 0.251 e. The third-order valence-corrected chi connectivity index (χ3v) is 5.79. The van der Waals surface area contributed by atoms with Gasteiger partial charge in [0.1, 0.15) is 19.0 Å². The first-order chi connectivity index (χ1) is 17.2. The molecule has 0 aromatic heterocycles. The highest BCUT2D eigenvalue weighted by atomic mass is 16.5. The van der Waals surface area contributed by atoms with E-state index in [1.807, 2.05) is 54.6 Å². The Hall–Kier alpha value is -3.55. The van der Waals surface area contributed by atoms with E-state index >= 15 is 0 Å². The van der Waals surface area contributed by atoms with Gasteiger partial charge in [-0.15, -0.1) is 0 Å². The fraction of sp³-hybridized carbons (Fsp3) is 0.321. The average molecular weight is 477 g/mol. The van der Waals surface area contributed by atoms with Crippen LogP contribution >= 0.6 is 0 Å². The highest BCUT2D eigenvalue weighted by Gasteiger charge is 2.12. The number of hydrogen-bond acceptors (Lipinski definition) is 6. The molecule has 4 rings (SSSR count). The summed E-state index contributed by atoms with van der Waals surface area (Å²) in [4.78, 5) is 15.1. The zero-order valence-electron chi connectivity index (χ0n) is 20.1. The van der Waals surface area contributed by atoms with E-state index in [1.54, 1.807) is 25.3 Å². The lowest BCUT2D eigenvalue weighted by atomic mass is 10.1. The van der Waals surface area contributed by atoms with Crippen molar-refractivity contribution in [3.63, 3.8) is 0 Å². The molecule has 0 bridgehead atoms. The highest BCUT2D eigenvalue weighted by molar-refractivity contribution is 5.94. The zero-order chi connectivity index (χ0) is 24.3. The Morgan fingerprint density at radius 1 is 0.914 bits per heavy atom. The average Bonchev–Trinajstić information content (AvgIpc) is 2.92. The monoisotopic (exact) mass is 476 g/mol. The molecule has 0 saturated carbocycles. The Kier molecular flexibility index (Phi) is 8.98. The van der Waals surface area contributed by atoms with Crippen LogP contribution in [-0.2, 0) is 17.9 Å². The second-order valence-electron chi connectivity index (χ2n) is 8.27. The van der Waals surface area contributed by atoms with Gasteiger partial charge < -0.3 is 24.3 Å². The Morgan fingerprint density at radius 3 is 2.51 bits per heavy atom. The van der Waals surface area contributed by atoms with Crippen molar-refractivity contribution in [3.8, 4) is 17.2 Å². The number of morpholine rings is 1. The number of rotatable bonds is 11. The molecule has 7 heteroatoms. The molecular weight excluding hydrogens is 444 g/mol. The standard InChI is InChI=1S/C28H32N2O5/c1-32-27-19-24(10-11-26(27)35-21-22-6-3-2-4-7-22)28(31)29-20-23-8-5-9-25(18-23)34-17-14-30-12-15-33-16-13-30/h2-11,18-19H,12-17,20-21H2,1H3,(H,29,31). The van der Waals surface area contributed by atoms with E-state index in [2.05, 4.69) is 10.2 Å². The Labute approximate surface area is 206 Å². The number of carbonyl (C=O) groups is 1. The smallest absolute Gasteiger partial charge is 0.251 e. The predicted octanol–water partition coefficient (Wildman–Crippen LogP) is 3.92. The summed E-state index contributed by atoms with van der Waals surface area (Å²) in [7, 11) is 1.57. The van der Waals surface area contributed by atoms with Crippen LogP contribution in [0.15, 0.2) is 72.8 Å². The molecule has 0 unspecified atom stereocenters. The number of benzene rings is 3. The molecule has 1 saturated heterocycles. The van der Waals surface area contributed by atoms with Gasteiger partial charge in [0.2, 0.25) is 0 Å². The van der Waals surface area contributed by atoms with E-state index < -0.39 is 0 Å². The van der Waals surface area contributed by atoms with Crippen LogP contribution in [0.2, 0.25) is 0 Å². The van der Waals surface area contributed by atoms with Crippen molar-refractivity contribution < 1.29 is 23.7 Å². The SMILES string of the molecule is COc1cc(C(=O)NCc2cccc(OCCN3CCOCC3)c2)ccc1OCc1ccccc1. The van der Waals surface area contributed by atoms with Crippen LogP contribution in [0.1, 0.15) is 21.5 Å². The van der Waals surface area contributed by atoms with Crippen LogP contribution in [0.4, 0.5) is 0 Å². The number of methoxy groups -OCH3 is 1. The molecular formula is C28H32N2O5. The van der Waals surface area contributed by atoms with E-state index in [1.165, 1.54) is 0 Å². The molecule has 0 atom stereocenters. The number of hydrogen-bond donors (Lipinski definition) is 1. The molecule has 1 N–H and O–H groups in total. The fourth-order valence-electron chi connectivity index (χ4n) is 3.81. The van der Waals surface area contributed by atoms with Crippen LogP contribution < -0.4 is 19.5 Å². The molecule has 1 heterocycles. The van der Waals surface area contributed by atoms with Crippen molar-refractivity contribution in [2.75, 3.05) is 46.6 Å². The van der Waals surface area contributed by atoms with Crippen molar-refractivity contribution in [1.82, 2.24) is 10.2 Å². The Morgan fingerprint density at radius 2 is 1.71 bits per heavy atom. The highest BCUT2D eigenvalue weighted by Crippen LogP contribution is 2.29. The van der Waals surface area contributed by atoms with Gasteiger partial charge in [0.05, 0.1) is 20.3 Å². The second kappa shape index (κ2) is 12.8. The van der Waals surface area contributed by atoms with Gasteiger partial charge in [0.25, 0.3) is 5.91 Å². The lowest BCUT2D eigenvalue weighted by molar-refractivity contribution is 0.0322. The van der Waals surface area contributed by atoms with Crippen molar-refractivity contribution in [1.29, 1.82) is 0 Å². The largest absolute Gasteiger partial charge is 0.493 e. The molecule has 0 spiro atoms. The molecule has 3 aromatic carbocycles. The normalized spacial score (nSPS) is 13.7. The molecule has 35 heavy (non-hydrogen) atoms. The maximum absolute atomic E-state index is 12.8. The minimum atomic E-state index is -0.184. The fourth-order valence-corrected chi connectivity index (χ4v) is 3.81. The molecule has 7 nitrogen and oxygen atoms in total. The summed E-state index contributed by atoms with van der Waals surface area (Å²) in [5.74, 6) is 1.72. The third kappa shape index (κ3) is 7.47. The molecule has 0 aliphatic carbocycles. The molecule has 1 aliphatic rings. The molecule has 1 aliphatic heterocycles. The number of amides is 1. The summed E-state index contributed by atoms with van der Waals surface area (Å²) in [6, 6.07) is 22.9. The van der Waals surface area contributed by atoms with E-state index in [0.717, 1.165) is 49.7 Å². The maximum atomic E-state index is 12.8. The van der Waals surface area contributed by atoms with Gasteiger partial charge in [0.15, 0.2) is 11.5 Å². The first-order valence-electron chi connectivity index (χ1n) is 11.9. The van der Waals surface area contributed by atoms with Gasteiger partial charge in [0, 0.05) is 31.7 Å². The summed E-state index contributed by atoms with van der Waals surface area (Å²) in [5.41, 5.74) is 2.53. The lowest BCUT2D eigenvalue weighted by Crippen LogP contribution is -2.38. The van der Waals surface area contributed by atoms with Crippen LogP contribution in [0, 0.1) is 0 Å².